The molecule has 0 saturated carbocycles. The van der Waals surface area contributed by atoms with E-state index >= 15 is 0 Å². The van der Waals surface area contributed by atoms with E-state index in [0.29, 0.717) is 6.61 Å². The first kappa shape index (κ1) is 10.2. The van der Waals surface area contributed by atoms with Crippen LogP contribution < -0.4 is 0 Å². The summed E-state index contributed by atoms with van der Waals surface area (Å²) < 4.78 is 4.84. The highest BCUT2D eigenvalue weighted by Crippen LogP contribution is 2.02. The lowest BCUT2D eigenvalue weighted by Crippen LogP contribution is -2.02. The Balaban J connectivity index is 3.69. The second kappa shape index (κ2) is 5.96. The van der Waals surface area contributed by atoms with Crippen molar-refractivity contribution in [2.45, 2.75) is 33.6 Å². The van der Waals surface area contributed by atoms with Crippen molar-refractivity contribution >= 4 is 5.97 Å². The second-order valence-electron chi connectivity index (χ2n) is 2.40. The van der Waals surface area contributed by atoms with Crippen LogP contribution in [-0.4, -0.2) is 12.6 Å². The molecule has 0 radical (unpaired) electrons. The van der Waals surface area contributed by atoms with Gasteiger partial charge in [0.05, 0.1) is 0 Å². The molecule has 0 rings (SSSR count). The molecule has 0 aromatic carbocycles. The molecule has 11 heavy (non-hydrogen) atoms. The van der Waals surface area contributed by atoms with Crippen molar-refractivity contribution in [3.63, 3.8) is 0 Å². The molecule has 0 heterocycles. The van der Waals surface area contributed by atoms with Crippen molar-refractivity contribution in [3.05, 3.63) is 11.6 Å². The summed E-state index contributed by atoms with van der Waals surface area (Å²) in [7, 11) is 0. The zero-order valence-corrected chi connectivity index (χ0v) is 7.52. The summed E-state index contributed by atoms with van der Waals surface area (Å²) in [5, 5.41) is 0. The number of allylic oxidation sites excluding steroid dienone is 1. The van der Waals surface area contributed by atoms with E-state index in [0.717, 1.165) is 12.8 Å². The largest absolute Gasteiger partial charge is 0.461 e. The lowest BCUT2D eigenvalue weighted by molar-refractivity contribution is -0.140. The zero-order valence-electron chi connectivity index (χ0n) is 7.52. The van der Waals surface area contributed by atoms with Gasteiger partial charge in [-0.3, -0.25) is 4.79 Å². The van der Waals surface area contributed by atoms with Crippen LogP contribution in [0.1, 0.15) is 33.6 Å². The second-order valence-corrected chi connectivity index (χ2v) is 2.40. The highest BCUT2D eigenvalue weighted by molar-refractivity contribution is 5.66. The standard InChI is InChI=1S/C9H16O2/c1-4-6-9(5-2)7-11-8(3)10/h6H,4-5,7H2,1-3H3. The van der Waals surface area contributed by atoms with E-state index in [1.807, 2.05) is 0 Å². The van der Waals surface area contributed by atoms with Crippen LogP contribution in [0.5, 0.6) is 0 Å². The molecule has 0 aliphatic carbocycles. The van der Waals surface area contributed by atoms with E-state index in [1.165, 1.54) is 12.5 Å². The first-order valence-electron chi connectivity index (χ1n) is 4.02. The number of carbonyl (C=O) groups is 1. The van der Waals surface area contributed by atoms with Crippen molar-refractivity contribution in [2.24, 2.45) is 0 Å². The molecule has 0 fully saturated rings. The molecular formula is C9H16O2. The number of esters is 1. The summed E-state index contributed by atoms with van der Waals surface area (Å²) in [5.41, 5.74) is 1.20. The molecule has 2 heteroatoms. The van der Waals surface area contributed by atoms with E-state index in [4.69, 9.17) is 4.74 Å². The van der Waals surface area contributed by atoms with Gasteiger partial charge in [0.25, 0.3) is 0 Å². The molecule has 0 aromatic rings. The van der Waals surface area contributed by atoms with Gasteiger partial charge < -0.3 is 4.74 Å². The fraction of sp³-hybridized carbons (Fsp3) is 0.667. The van der Waals surface area contributed by atoms with E-state index in [2.05, 4.69) is 19.9 Å². The highest BCUT2D eigenvalue weighted by atomic mass is 16.5. The predicted octanol–water partition coefficient (Wildman–Crippen LogP) is 2.30. The predicted molar refractivity (Wildman–Crippen MR) is 45.3 cm³/mol. The maximum atomic E-state index is 10.4. The highest BCUT2D eigenvalue weighted by Gasteiger charge is 1.95. The number of hydrogen-bond donors (Lipinski definition) is 0. The van der Waals surface area contributed by atoms with Crippen LogP contribution in [0.3, 0.4) is 0 Å². The SMILES string of the molecule is CCC=C(CC)COC(C)=O. The van der Waals surface area contributed by atoms with E-state index in [9.17, 15) is 4.79 Å². The van der Waals surface area contributed by atoms with Crippen LogP contribution in [0.25, 0.3) is 0 Å². The number of hydrogen-bond acceptors (Lipinski definition) is 2. The first-order chi connectivity index (χ1) is 5.20. The Morgan fingerprint density at radius 2 is 2.09 bits per heavy atom. The molecule has 0 aromatic heterocycles. The minimum Gasteiger partial charge on any atom is -0.461 e. The van der Waals surface area contributed by atoms with Crippen molar-refractivity contribution in [1.82, 2.24) is 0 Å². The van der Waals surface area contributed by atoms with Gasteiger partial charge >= 0.3 is 5.97 Å². The molecule has 0 aliphatic rings. The van der Waals surface area contributed by atoms with Crippen LogP contribution in [0.15, 0.2) is 11.6 Å². The Morgan fingerprint density at radius 3 is 2.45 bits per heavy atom. The van der Waals surface area contributed by atoms with Gasteiger partial charge in [-0.05, 0) is 18.4 Å². The van der Waals surface area contributed by atoms with Gasteiger partial charge in [0.1, 0.15) is 6.61 Å². The molecule has 0 unspecified atom stereocenters. The van der Waals surface area contributed by atoms with Crippen molar-refractivity contribution < 1.29 is 9.53 Å². The molecular weight excluding hydrogens is 140 g/mol. The van der Waals surface area contributed by atoms with Crippen molar-refractivity contribution in [1.29, 1.82) is 0 Å². The Kier molecular flexibility index (Phi) is 5.53. The summed E-state index contributed by atoms with van der Waals surface area (Å²) in [6.45, 7) is 6.02. The average molecular weight is 156 g/mol. The molecule has 0 spiro atoms. The summed E-state index contributed by atoms with van der Waals surface area (Å²) in [4.78, 5) is 10.4. The third-order valence-electron chi connectivity index (χ3n) is 1.41. The van der Waals surface area contributed by atoms with Crippen molar-refractivity contribution in [3.8, 4) is 0 Å². The number of carbonyl (C=O) groups excluding carboxylic acids is 1. The molecule has 0 amide bonds. The Bertz CT molecular complexity index is 148. The van der Waals surface area contributed by atoms with Crippen molar-refractivity contribution in [2.75, 3.05) is 6.61 Å². The van der Waals surface area contributed by atoms with Crippen LogP contribution >= 0.6 is 0 Å². The van der Waals surface area contributed by atoms with Gasteiger partial charge in [-0.2, -0.15) is 0 Å². The number of rotatable bonds is 4. The van der Waals surface area contributed by atoms with Gasteiger partial charge in [0.15, 0.2) is 0 Å². The lowest BCUT2D eigenvalue weighted by atomic mass is 10.2. The third-order valence-corrected chi connectivity index (χ3v) is 1.41. The minimum atomic E-state index is -0.208. The third kappa shape index (κ3) is 5.64. The molecule has 0 atom stereocenters. The van der Waals surface area contributed by atoms with Crippen LogP contribution in [-0.2, 0) is 9.53 Å². The Morgan fingerprint density at radius 1 is 1.45 bits per heavy atom. The summed E-state index contributed by atoms with van der Waals surface area (Å²) in [5.74, 6) is -0.208. The smallest absolute Gasteiger partial charge is 0.302 e. The molecule has 2 nitrogen and oxygen atoms in total. The van der Waals surface area contributed by atoms with Crippen LogP contribution in [0, 0.1) is 0 Å². The molecule has 64 valence electrons. The maximum Gasteiger partial charge on any atom is 0.302 e. The Hall–Kier alpha value is -0.790. The van der Waals surface area contributed by atoms with E-state index in [-0.39, 0.29) is 5.97 Å². The van der Waals surface area contributed by atoms with Gasteiger partial charge in [0, 0.05) is 6.92 Å². The molecule has 0 bridgehead atoms. The quantitative estimate of drug-likeness (QED) is 0.461. The number of ether oxygens (including phenoxy) is 1. The lowest BCUT2D eigenvalue weighted by Gasteiger charge is -2.03. The average Bonchev–Trinajstić information content (AvgIpc) is 1.97. The van der Waals surface area contributed by atoms with Crippen LogP contribution in [0.4, 0.5) is 0 Å². The topological polar surface area (TPSA) is 26.3 Å². The summed E-state index contributed by atoms with van der Waals surface area (Å²) in [6, 6.07) is 0. The fourth-order valence-corrected chi connectivity index (χ4v) is 0.788. The monoisotopic (exact) mass is 156 g/mol. The van der Waals surface area contributed by atoms with Gasteiger partial charge in [-0.25, -0.2) is 0 Å². The normalized spacial score (nSPS) is 11.4. The minimum absolute atomic E-state index is 0.208. The first-order valence-corrected chi connectivity index (χ1v) is 4.02. The molecule has 0 saturated heterocycles. The molecule has 0 N–H and O–H groups in total. The fourth-order valence-electron chi connectivity index (χ4n) is 0.788. The van der Waals surface area contributed by atoms with Gasteiger partial charge in [-0.1, -0.05) is 19.9 Å². The molecule has 0 aliphatic heterocycles. The zero-order chi connectivity index (χ0) is 8.69. The summed E-state index contributed by atoms with van der Waals surface area (Å²) >= 11 is 0. The van der Waals surface area contributed by atoms with Gasteiger partial charge in [0.2, 0.25) is 0 Å². The Labute approximate surface area is 68.2 Å². The maximum absolute atomic E-state index is 10.4. The van der Waals surface area contributed by atoms with E-state index in [1.54, 1.807) is 0 Å². The summed E-state index contributed by atoms with van der Waals surface area (Å²) in [6.07, 6.45) is 4.06. The van der Waals surface area contributed by atoms with Gasteiger partial charge in [-0.15, -0.1) is 0 Å². The van der Waals surface area contributed by atoms with E-state index < -0.39 is 0 Å². The van der Waals surface area contributed by atoms with Crippen LogP contribution in [0.2, 0.25) is 0 Å².